The highest BCUT2D eigenvalue weighted by molar-refractivity contribution is 9.10. The molecule has 15 heavy (non-hydrogen) atoms. The Morgan fingerprint density at radius 2 is 2.07 bits per heavy atom. The second kappa shape index (κ2) is 4.33. The predicted molar refractivity (Wildman–Crippen MR) is 62.6 cm³/mol. The number of hydrogen-bond acceptors (Lipinski definition) is 2. The van der Waals surface area contributed by atoms with Gasteiger partial charge in [-0.1, -0.05) is 15.9 Å². The zero-order valence-electron chi connectivity index (χ0n) is 8.32. The van der Waals surface area contributed by atoms with Gasteiger partial charge in [0.25, 0.3) is 5.91 Å². The van der Waals surface area contributed by atoms with Crippen LogP contribution in [0.25, 0.3) is 0 Å². The van der Waals surface area contributed by atoms with Crippen molar-refractivity contribution < 1.29 is 4.79 Å². The van der Waals surface area contributed by atoms with Crippen LogP contribution in [0.15, 0.2) is 28.7 Å². The van der Waals surface area contributed by atoms with Crippen LogP contribution in [-0.4, -0.2) is 29.9 Å². The Balaban J connectivity index is 2.11. The van der Waals surface area contributed by atoms with E-state index in [1.165, 1.54) is 0 Å². The van der Waals surface area contributed by atoms with Gasteiger partial charge in [-0.3, -0.25) is 4.79 Å². The lowest BCUT2D eigenvalue weighted by atomic mass is 10.2. The monoisotopic (exact) mass is 268 g/mol. The first-order valence-electron chi connectivity index (χ1n) is 4.97. The maximum atomic E-state index is 12.0. The standard InChI is InChI=1S/C11H13BrN2O/c12-9-3-1-8(2-4-9)11(15)14-6-5-10(13)7-14/h1-4,10H,5-7,13H2/t10-/m1/s1. The molecule has 1 fully saturated rings. The first kappa shape index (κ1) is 10.6. The number of carbonyl (C=O) groups is 1. The molecule has 80 valence electrons. The molecule has 1 atom stereocenters. The molecule has 1 amide bonds. The van der Waals surface area contributed by atoms with Crippen molar-refractivity contribution in [3.8, 4) is 0 Å². The second-order valence-electron chi connectivity index (χ2n) is 3.81. The Hall–Kier alpha value is -0.870. The van der Waals surface area contributed by atoms with Gasteiger partial charge in [0.2, 0.25) is 0 Å². The van der Waals surface area contributed by atoms with Crippen molar-refractivity contribution in [3.05, 3.63) is 34.3 Å². The lowest BCUT2D eigenvalue weighted by molar-refractivity contribution is 0.0791. The third kappa shape index (κ3) is 2.38. The molecule has 1 saturated heterocycles. The molecule has 0 spiro atoms. The van der Waals surface area contributed by atoms with Gasteiger partial charge in [-0.2, -0.15) is 0 Å². The lowest BCUT2D eigenvalue weighted by Crippen LogP contribution is -2.31. The van der Waals surface area contributed by atoms with Crippen molar-refractivity contribution in [1.29, 1.82) is 0 Å². The highest BCUT2D eigenvalue weighted by Gasteiger charge is 2.24. The van der Waals surface area contributed by atoms with E-state index < -0.39 is 0 Å². The number of benzene rings is 1. The Morgan fingerprint density at radius 1 is 1.40 bits per heavy atom. The van der Waals surface area contributed by atoms with Crippen LogP contribution < -0.4 is 5.73 Å². The summed E-state index contributed by atoms with van der Waals surface area (Å²) in [6, 6.07) is 7.56. The molecular weight excluding hydrogens is 256 g/mol. The molecule has 0 bridgehead atoms. The molecule has 0 unspecified atom stereocenters. The molecule has 1 heterocycles. The molecule has 0 saturated carbocycles. The average molecular weight is 269 g/mol. The molecule has 4 heteroatoms. The summed E-state index contributed by atoms with van der Waals surface area (Å²) in [7, 11) is 0. The minimum absolute atomic E-state index is 0.0791. The Morgan fingerprint density at radius 3 is 2.60 bits per heavy atom. The molecule has 1 aliphatic rings. The third-order valence-corrected chi connectivity index (χ3v) is 3.13. The quantitative estimate of drug-likeness (QED) is 0.842. The van der Waals surface area contributed by atoms with Crippen molar-refractivity contribution >= 4 is 21.8 Å². The Kier molecular flexibility index (Phi) is 3.07. The van der Waals surface area contributed by atoms with Crippen molar-refractivity contribution in [2.75, 3.05) is 13.1 Å². The number of amides is 1. The number of carbonyl (C=O) groups excluding carboxylic acids is 1. The van der Waals surface area contributed by atoms with E-state index in [1.54, 1.807) is 0 Å². The maximum Gasteiger partial charge on any atom is 0.253 e. The summed E-state index contributed by atoms with van der Waals surface area (Å²) in [5, 5.41) is 0. The molecule has 0 aromatic heterocycles. The van der Waals surface area contributed by atoms with Crippen LogP contribution in [0.4, 0.5) is 0 Å². The van der Waals surface area contributed by atoms with Crippen LogP contribution in [0.1, 0.15) is 16.8 Å². The normalized spacial score (nSPS) is 20.7. The summed E-state index contributed by atoms with van der Waals surface area (Å²) < 4.78 is 0.983. The fraction of sp³-hybridized carbons (Fsp3) is 0.364. The zero-order valence-corrected chi connectivity index (χ0v) is 9.90. The average Bonchev–Trinajstić information content (AvgIpc) is 2.65. The van der Waals surface area contributed by atoms with E-state index >= 15 is 0 Å². The fourth-order valence-electron chi connectivity index (χ4n) is 1.75. The van der Waals surface area contributed by atoms with Crippen LogP contribution in [0.2, 0.25) is 0 Å². The molecular formula is C11H13BrN2O. The summed E-state index contributed by atoms with van der Waals surface area (Å²) >= 11 is 3.34. The summed E-state index contributed by atoms with van der Waals surface area (Å²) in [5.41, 5.74) is 6.49. The minimum atomic E-state index is 0.0791. The Labute approximate surface area is 97.4 Å². The second-order valence-corrected chi connectivity index (χ2v) is 4.72. The number of nitrogens with two attached hydrogens (primary N) is 1. The summed E-state index contributed by atoms with van der Waals surface area (Å²) in [5.74, 6) is 0.0791. The van der Waals surface area contributed by atoms with Crippen molar-refractivity contribution in [2.45, 2.75) is 12.5 Å². The van der Waals surface area contributed by atoms with E-state index in [-0.39, 0.29) is 11.9 Å². The van der Waals surface area contributed by atoms with Crippen molar-refractivity contribution in [1.82, 2.24) is 4.90 Å². The lowest BCUT2D eigenvalue weighted by Gasteiger charge is -2.15. The largest absolute Gasteiger partial charge is 0.337 e. The Bertz CT molecular complexity index is 363. The van der Waals surface area contributed by atoms with Crippen LogP contribution in [0, 0.1) is 0 Å². The smallest absolute Gasteiger partial charge is 0.253 e. The van der Waals surface area contributed by atoms with Gasteiger partial charge in [-0.25, -0.2) is 0 Å². The zero-order chi connectivity index (χ0) is 10.8. The number of likely N-dealkylation sites (tertiary alicyclic amines) is 1. The van der Waals surface area contributed by atoms with Gasteiger partial charge >= 0.3 is 0 Å². The first-order valence-corrected chi connectivity index (χ1v) is 5.76. The number of rotatable bonds is 1. The molecule has 0 radical (unpaired) electrons. The molecule has 1 aromatic carbocycles. The summed E-state index contributed by atoms with van der Waals surface area (Å²) in [6.07, 6.45) is 0.905. The first-order chi connectivity index (χ1) is 7.16. The van der Waals surface area contributed by atoms with E-state index in [9.17, 15) is 4.79 Å². The highest BCUT2D eigenvalue weighted by atomic mass is 79.9. The van der Waals surface area contributed by atoms with E-state index in [4.69, 9.17) is 5.73 Å². The van der Waals surface area contributed by atoms with Crippen LogP contribution in [0.3, 0.4) is 0 Å². The molecule has 1 aromatic rings. The highest BCUT2D eigenvalue weighted by Crippen LogP contribution is 2.15. The minimum Gasteiger partial charge on any atom is -0.337 e. The van der Waals surface area contributed by atoms with Gasteiger partial charge in [-0.15, -0.1) is 0 Å². The number of nitrogens with zero attached hydrogens (tertiary/aromatic N) is 1. The van der Waals surface area contributed by atoms with Gasteiger partial charge in [0.15, 0.2) is 0 Å². The molecule has 1 aliphatic heterocycles. The topological polar surface area (TPSA) is 46.3 Å². The van der Waals surface area contributed by atoms with E-state index in [2.05, 4.69) is 15.9 Å². The van der Waals surface area contributed by atoms with Crippen molar-refractivity contribution in [3.63, 3.8) is 0 Å². The van der Waals surface area contributed by atoms with Gasteiger partial charge < -0.3 is 10.6 Å². The van der Waals surface area contributed by atoms with E-state index in [1.807, 2.05) is 29.2 Å². The molecule has 0 aliphatic carbocycles. The SMILES string of the molecule is N[C@@H]1CCN(C(=O)c2ccc(Br)cc2)C1. The van der Waals surface area contributed by atoms with Crippen LogP contribution in [-0.2, 0) is 0 Å². The van der Waals surface area contributed by atoms with Gasteiger partial charge in [0.1, 0.15) is 0 Å². The predicted octanol–water partition coefficient (Wildman–Crippen LogP) is 1.62. The van der Waals surface area contributed by atoms with Gasteiger partial charge in [0.05, 0.1) is 0 Å². The summed E-state index contributed by atoms with van der Waals surface area (Å²) in [6.45, 7) is 1.45. The molecule has 2 rings (SSSR count). The summed E-state index contributed by atoms with van der Waals surface area (Å²) in [4.78, 5) is 13.8. The number of hydrogen-bond donors (Lipinski definition) is 1. The third-order valence-electron chi connectivity index (χ3n) is 2.60. The van der Waals surface area contributed by atoms with E-state index in [0.29, 0.717) is 6.54 Å². The van der Waals surface area contributed by atoms with E-state index in [0.717, 1.165) is 23.0 Å². The van der Waals surface area contributed by atoms with Gasteiger partial charge in [0, 0.05) is 29.2 Å². The fourth-order valence-corrected chi connectivity index (χ4v) is 2.01. The number of halogens is 1. The van der Waals surface area contributed by atoms with Crippen molar-refractivity contribution in [2.24, 2.45) is 5.73 Å². The molecule has 3 nitrogen and oxygen atoms in total. The van der Waals surface area contributed by atoms with Gasteiger partial charge in [-0.05, 0) is 30.7 Å². The van der Waals surface area contributed by atoms with Crippen LogP contribution in [0.5, 0.6) is 0 Å². The molecule has 2 N–H and O–H groups in total. The maximum absolute atomic E-state index is 12.0. The van der Waals surface area contributed by atoms with Crippen LogP contribution >= 0.6 is 15.9 Å².